The highest BCUT2D eigenvalue weighted by Gasteiger charge is 2.27. The van der Waals surface area contributed by atoms with Crippen molar-refractivity contribution in [3.63, 3.8) is 0 Å². The molecule has 0 unspecified atom stereocenters. The maximum atomic E-state index is 13.1. The van der Waals surface area contributed by atoms with Crippen LogP contribution in [0, 0.1) is 6.92 Å². The van der Waals surface area contributed by atoms with Gasteiger partial charge in [-0.25, -0.2) is 9.78 Å². The number of benzene rings is 3. The van der Waals surface area contributed by atoms with Gasteiger partial charge in [-0.05, 0) is 56.3 Å². The van der Waals surface area contributed by atoms with Gasteiger partial charge in [0.25, 0.3) is 0 Å². The molecule has 0 radical (unpaired) electrons. The molecule has 3 aromatic carbocycles. The van der Waals surface area contributed by atoms with E-state index in [0.29, 0.717) is 21.7 Å². The molecule has 0 aliphatic rings. The van der Waals surface area contributed by atoms with Crippen LogP contribution >= 0.6 is 11.6 Å². The van der Waals surface area contributed by atoms with E-state index in [1.807, 2.05) is 6.92 Å². The van der Waals surface area contributed by atoms with E-state index in [2.05, 4.69) is 4.98 Å². The number of oxazole rings is 1. The maximum Gasteiger partial charge on any atom is 0.340 e. The van der Waals surface area contributed by atoms with Crippen molar-refractivity contribution in [2.45, 2.75) is 18.7 Å². The molecule has 1 heterocycles. The number of halogens is 1. The van der Waals surface area contributed by atoms with Crippen LogP contribution < -0.4 is 4.18 Å². The average Bonchev–Trinajstić information content (AvgIpc) is 3.18. The number of aryl methyl sites for hydroxylation is 1. The van der Waals surface area contributed by atoms with E-state index in [1.54, 1.807) is 43.3 Å². The van der Waals surface area contributed by atoms with Gasteiger partial charge in [0, 0.05) is 5.02 Å². The molecule has 0 bridgehead atoms. The Balaban J connectivity index is 1.78. The summed E-state index contributed by atoms with van der Waals surface area (Å²) in [4.78, 5) is 16.4. The van der Waals surface area contributed by atoms with Gasteiger partial charge in [0.2, 0.25) is 5.89 Å². The predicted molar refractivity (Wildman–Crippen MR) is 119 cm³/mol. The van der Waals surface area contributed by atoms with Crippen LogP contribution in [-0.4, -0.2) is 26.0 Å². The summed E-state index contributed by atoms with van der Waals surface area (Å²) in [5, 5.41) is 0.496. The van der Waals surface area contributed by atoms with Crippen LogP contribution in [0.2, 0.25) is 5.02 Å². The van der Waals surface area contributed by atoms with Gasteiger partial charge in [-0.1, -0.05) is 35.4 Å². The fraction of sp³-hybridized carbons (Fsp3) is 0.130. The Kier molecular flexibility index (Phi) is 5.90. The normalized spacial score (nSPS) is 11.5. The molecule has 7 nitrogen and oxygen atoms in total. The van der Waals surface area contributed by atoms with Crippen molar-refractivity contribution in [1.29, 1.82) is 0 Å². The summed E-state index contributed by atoms with van der Waals surface area (Å²) in [6.45, 7) is 3.59. The predicted octanol–water partition coefficient (Wildman–Crippen LogP) is 5.40. The number of hydrogen-bond acceptors (Lipinski definition) is 7. The first-order valence-electron chi connectivity index (χ1n) is 9.66. The fourth-order valence-corrected chi connectivity index (χ4v) is 4.43. The largest absolute Gasteiger partial charge is 0.462 e. The lowest BCUT2D eigenvalue weighted by molar-refractivity contribution is 0.0521. The molecule has 0 saturated heterocycles. The molecule has 32 heavy (non-hydrogen) atoms. The summed E-state index contributed by atoms with van der Waals surface area (Å²) >= 11 is 6.02. The quantitative estimate of drug-likeness (QED) is 0.274. The molecule has 0 atom stereocenters. The van der Waals surface area contributed by atoms with E-state index in [4.69, 9.17) is 24.9 Å². The minimum atomic E-state index is -4.38. The van der Waals surface area contributed by atoms with E-state index in [-0.39, 0.29) is 28.7 Å². The van der Waals surface area contributed by atoms with Crippen molar-refractivity contribution in [1.82, 2.24) is 4.98 Å². The van der Waals surface area contributed by atoms with Crippen molar-refractivity contribution < 1.29 is 26.5 Å². The molecule has 0 aliphatic carbocycles. The van der Waals surface area contributed by atoms with Crippen molar-refractivity contribution in [2.75, 3.05) is 6.61 Å². The van der Waals surface area contributed by atoms with Crippen molar-refractivity contribution in [3.8, 4) is 17.2 Å². The van der Waals surface area contributed by atoms with Gasteiger partial charge in [-0.2, -0.15) is 8.42 Å². The monoisotopic (exact) mass is 471 g/mol. The van der Waals surface area contributed by atoms with Gasteiger partial charge in [0.15, 0.2) is 11.3 Å². The summed E-state index contributed by atoms with van der Waals surface area (Å²) in [5.41, 5.74) is 2.09. The summed E-state index contributed by atoms with van der Waals surface area (Å²) in [6.07, 6.45) is 0. The molecule has 9 heteroatoms. The van der Waals surface area contributed by atoms with Gasteiger partial charge in [-0.3, -0.25) is 0 Å². The molecule has 164 valence electrons. The SMILES string of the molecule is CCOC(=O)c1ccccc1S(=O)(=O)Oc1ccc(C)cc1-c1nc2cc(Cl)ccc2o1. The third kappa shape index (κ3) is 4.32. The summed E-state index contributed by atoms with van der Waals surface area (Å²) in [7, 11) is -4.38. The molecular formula is C23H18ClNO6S. The molecule has 0 saturated carbocycles. The lowest BCUT2D eigenvalue weighted by atomic mass is 10.1. The number of rotatable bonds is 6. The number of esters is 1. The summed E-state index contributed by atoms with van der Waals surface area (Å²) in [5.74, 6) is -0.572. The molecular weight excluding hydrogens is 454 g/mol. The number of aromatic nitrogens is 1. The third-order valence-electron chi connectivity index (χ3n) is 4.57. The Labute approximate surface area is 189 Å². The Morgan fingerprint density at radius 2 is 1.88 bits per heavy atom. The highest BCUT2D eigenvalue weighted by molar-refractivity contribution is 7.87. The first-order chi connectivity index (χ1) is 15.3. The molecule has 4 aromatic rings. The Morgan fingerprint density at radius 3 is 2.66 bits per heavy atom. The second-order valence-electron chi connectivity index (χ2n) is 6.88. The highest BCUT2D eigenvalue weighted by Crippen LogP contribution is 2.35. The molecule has 0 spiro atoms. The van der Waals surface area contributed by atoms with Crippen LogP contribution in [0.15, 0.2) is 70.0 Å². The summed E-state index contributed by atoms with van der Waals surface area (Å²) < 4.78 is 42.5. The van der Waals surface area contributed by atoms with Gasteiger partial charge < -0.3 is 13.3 Å². The molecule has 1 aromatic heterocycles. The lowest BCUT2D eigenvalue weighted by Gasteiger charge is -2.13. The zero-order chi connectivity index (χ0) is 22.9. The minimum Gasteiger partial charge on any atom is -0.462 e. The van der Waals surface area contributed by atoms with Crippen LogP contribution in [0.1, 0.15) is 22.8 Å². The van der Waals surface area contributed by atoms with E-state index in [0.717, 1.165) is 5.56 Å². The Hall–Kier alpha value is -3.36. The highest BCUT2D eigenvalue weighted by atomic mass is 35.5. The van der Waals surface area contributed by atoms with Crippen molar-refractivity contribution in [3.05, 3.63) is 76.8 Å². The van der Waals surface area contributed by atoms with E-state index in [1.165, 1.54) is 24.3 Å². The number of hydrogen-bond donors (Lipinski definition) is 0. The zero-order valence-corrected chi connectivity index (χ0v) is 18.7. The van der Waals surface area contributed by atoms with E-state index < -0.39 is 16.1 Å². The number of carbonyl (C=O) groups excluding carboxylic acids is 1. The van der Waals surface area contributed by atoms with Crippen LogP contribution in [0.4, 0.5) is 0 Å². The second kappa shape index (κ2) is 8.64. The van der Waals surface area contributed by atoms with Crippen LogP contribution in [0.3, 0.4) is 0 Å². The van der Waals surface area contributed by atoms with E-state index in [9.17, 15) is 13.2 Å². The first kappa shape index (κ1) is 21.9. The average molecular weight is 472 g/mol. The molecule has 0 fully saturated rings. The van der Waals surface area contributed by atoms with E-state index >= 15 is 0 Å². The maximum absolute atomic E-state index is 13.1. The Morgan fingerprint density at radius 1 is 1.09 bits per heavy atom. The number of ether oxygens (including phenoxy) is 1. The smallest absolute Gasteiger partial charge is 0.340 e. The first-order valence-corrected chi connectivity index (χ1v) is 11.4. The Bertz CT molecular complexity index is 1430. The molecule has 0 N–H and O–H groups in total. The third-order valence-corrected chi connectivity index (χ3v) is 6.10. The standard InChI is InChI=1S/C23H18ClNO6S/c1-3-29-23(26)16-6-4-5-7-21(16)32(27,28)31-19-10-8-14(2)12-17(19)22-25-18-13-15(24)9-11-20(18)30-22/h4-13H,3H2,1-2H3. The lowest BCUT2D eigenvalue weighted by Crippen LogP contribution is -2.16. The summed E-state index contributed by atoms with van der Waals surface area (Å²) in [6, 6.07) is 15.6. The topological polar surface area (TPSA) is 95.7 Å². The molecule has 0 aliphatic heterocycles. The van der Waals surface area contributed by atoms with Crippen LogP contribution in [0.5, 0.6) is 5.75 Å². The van der Waals surface area contributed by atoms with Gasteiger partial charge in [0.1, 0.15) is 10.4 Å². The fourth-order valence-electron chi connectivity index (χ4n) is 3.12. The number of nitrogens with zero attached hydrogens (tertiary/aromatic N) is 1. The van der Waals surface area contributed by atoms with Gasteiger partial charge >= 0.3 is 16.1 Å². The minimum absolute atomic E-state index is 0.00640. The van der Waals surface area contributed by atoms with Crippen LogP contribution in [-0.2, 0) is 14.9 Å². The van der Waals surface area contributed by atoms with Crippen molar-refractivity contribution in [2.24, 2.45) is 0 Å². The molecule has 0 amide bonds. The van der Waals surface area contributed by atoms with Crippen LogP contribution in [0.25, 0.3) is 22.6 Å². The van der Waals surface area contributed by atoms with Gasteiger partial charge in [-0.15, -0.1) is 0 Å². The number of fused-ring (bicyclic) bond motifs is 1. The second-order valence-corrected chi connectivity index (χ2v) is 8.84. The molecule has 4 rings (SSSR count). The number of carbonyl (C=O) groups is 1. The zero-order valence-electron chi connectivity index (χ0n) is 17.2. The van der Waals surface area contributed by atoms with Gasteiger partial charge in [0.05, 0.1) is 17.7 Å². The van der Waals surface area contributed by atoms with Crippen molar-refractivity contribution >= 4 is 38.8 Å².